The van der Waals surface area contributed by atoms with Gasteiger partial charge in [-0.1, -0.05) is 12.1 Å². The molecule has 0 bridgehead atoms. The highest BCUT2D eigenvalue weighted by Crippen LogP contribution is 2.38. The average molecular weight is 394 g/mol. The smallest absolute Gasteiger partial charge is 0.267 e. The summed E-state index contributed by atoms with van der Waals surface area (Å²) in [6, 6.07) is 12.7. The second kappa shape index (κ2) is 6.52. The first-order valence-corrected chi connectivity index (χ1v) is 10.6. The van der Waals surface area contributed by atoms with E-state index in [1.165, 1.54) is 46.0 Å². The number of nitrogens with zero attached hydrogens (tertiary/aromatic N) is 2. The molecule has 1 amide bonds. The Hall–Kier alpha value is -3.47. The minimum absolute atomic E-state index is 0.0994. The molecule has 3 heterocycles. The second-order valence-electron chi connectivity index (χ2n) is 8.19. The van der Waals surface area contributed by atoms with Crippen molar-refractivity contribution in [3.63, 3.8) is 0 Å². The van der Waals surface area contributed by atoms with E-state index in [-0.39, 0.29) is 5.91 Å². The molecule has 2 aromatic carbocycles. The van der Waals surface area contributed by atoms with Crippen LogP contribution in [0.15, 0.2) is 41.4 Å². The molecule has 0 radical (unpaired) electrons. The van der Waals surface area contributed by atoms with Gasteiger partial charge in [0.1, 0.15) is 5.69 Å². The van der Waals surface area contributed by atoms with Crippen LogP contribution in [0.4, 0.5) is 0 Å². The summed E-state index contributed by atoms with van der Waals surface area (Å²) in [5.74, 6) is -0.0994. The number of aromatic amines is 1. The summed E-state index contributed by atoms with van der Waals surface area (Å²) in [5.41, 5.74) is 10.1. The lowest BCUT2D eigenvalue weighted by Gasteiger charge is -2.22. The van der Waals surface area contributed by atoms with Crippen LogP contribution in [-0.2, 0) is 19.4 Å². The van der Waals surface area contributed by atoms with Gasteiger partial charge in [-0.2, -0.15) is 0 Å². The second-order valence-corrected chi connectivity index (χ2v) is 8.19. The maximum atomic E-state index is 12.2. The Morgan fingerprint density at radius 3 is 2.80 bits per heavy atom. The molecule has 5 heteroatoms. The van der Waals surface area contributed by atoms with E-state index in [9.17, 15) is 4.79 Å². The summed E-state index contributed by atoms with van der Waals surface area (Å²) in [6.45, 7) is 0.776. The maximum absolute atomic E-state index is 12.2. The van der Waals surface area contributed by atoms with Crippen molar-refractivity contribution in [2.24, 2.45) is 4.99 Å². The van der Waals surface area contributed by atoms with E-state index in [0.717, 1.165) is 41.5 Å². The number of rotatable bonds is 2. The molecule has 2 aromatic heterocycles. The molecule has 0 unspecified atom stereocenters. The number of carbonyl (C=O) groups is 1. The van der Waals surface area contributed by atoms with Crippen molar-refractivity contribution in [2.45, 2.75) is 32.2 Å². The fraction of sp³-hybridized carbons (Fsp3) is 0.240. The molecule has 6 rings (SSSR count). The lowest BCUT2D eigenvalue weighted by Crippen LogP contribution is -2.17. The fourth-order valence-corrected chi connectivity index (χ4v) is 4.98. The molecular weight excluding hydrogens is 372 g/mol. The maximum Gasteiger partial charge on any atom is 0.267 e. The van der Waals surface area contributed by atoms with Crippen LogP contribution in [0.3, 0.4) is 0 Å². The third kappa shape index (κ3) is 2.51. The van der Waals surface area contributed by atoms with Crippen molar-refractivity contribution < 1.29 is 4.79 Å². The van der Waals surface area contributed by atoms with Gasteiger partial charge < -0.3 is 10.3 Å². The molecule has 148 valence electrons. The molecule has 0 atom stereocenters. The van der Waals surface area contributed by atoms with Gasteiger partial charge in [-0.05, 0) is 72.2 Å². The molecule has 2 N–H and O–H groups in total. The van der Waals surface area contributed by atoms with Crippen LogP contribution in [0, 0.1) is 0 Å². The lowest BCUT2D eigenvalue weighted by atomic mass is 9.85. The predicted octanol–water partition coefficient (Wildman–Crippen LogP) is 4.55. The van der Waals surface area contributed by atoms with Gasteiger partial charge in [-0.25, -0.2) is 4.98 Å². The molecule has 5 nitrogen and oxygen atoms in total. The Morgan fingerprint density at radius 2 is 1.93 bits per heavy atom. The quantitative estimate of drug-likeness (QED) is 0.523. The first-order chi connectivity index (χ1) is 14.7. The fourth-order valence-electron chi connectivity index (χ4n) is 4.98. The first-order valence-electron chi connectivity index (χ1n) is 10.6. The van der Waals surface area contributed by atoms with Gasteiger partial charge in [-0.3, -0.25) is 9.79 Å². The van der Waals surface area contributed by atoms with Crippen LogP contribution in [0.2, 0.25) is 0 Å². The van der Waals surface area contributed by atoms with Crippen molar-refractivity contribution >= 4 is 33.9 Å². The Labute approximate surface area is 174 Å². The topological polar surface area (TPSA) is 70.1 Å². The van der Waals surface area contributed by atoms with Crippen molar-refractivity contribution in [2.75, 3.05) is 7.05 Å². The minimum Gasteiger partial charge on any atom is -0.354 e. The van der Waals surface area contributed by atoms with Gasteiger partial charge in [0.05, 0.1) is 17.8 Å². The zero-order valence-electron chi connectivity index (χ0n) is 16.9. The van der Waals surface area contributed by atoms with Gasteiger partial charge in [0.2, 0.25) is 0 Å². The molecule has 1 aliphatic heterocycles. The van der Waals surface area contributed by atoms with Gasteiger partial charge >= 0.3 is 0 Å². The summed E-state index contributed by atoms with van der Waals surface area (Å²) in [5, 5.41) is 4.99. The molecule has 0 saturated carbocycles. The Kier molecular flexibility index (Phi) is 3.78. The van der Waals surface area contributed by atoms with Gasteiger partial charge in [-0.15, -0.1) is 0 Å². The highest BCUT2D eigenvalue weighted by molar-refractivity contribution is 6.11. The summed E-state index contributed by atoms with van der Waals surface area (Å²) in [7, 11) is 1.66. The predicted molar refractivity (Wildman–Crippen MR) is 120 cm³/mol. The number of hydrogen-bond acceptors (Lipinski definition) is 3. The number of H-pyrrole nitrogens is 1. The van der Waals surface area contributed by atoms with Crippen LogP contribution in [0.25, 0.3) is 33.1 Å². The third-order valence-corrected chi connectivity index (χ3v) is 6.45. The summed E-state index contributed by atoms with van der Waals surface area (Å²) < 4.78 is 0. The highest BCUT2D eigenvalue weighted by Gasteiger charge is 2.22. The van der Waals surface area contributed by atoms with E-state index in [1.54, 1.807) is 7.05 Å². The average Bonchev–Trinajstić information content (AvgIpc) is 3.44. The molecule has 0 fully saturated rings. The lowest BCUT2D eigenvalue weighted by molar-refractivity contribution is 0.0959. The number of fused-ring (bicyclic) bond motifs is 6. The first kappa shape index (κ1) is 17.4. The largest absolute Gasteiger partial charge is 0.354 e. The molecular formula is C25H22N4O. The SMILES string of the molecule is CNC(=O)c1cc2c(ccc3nc(-c4ccc5c(c4)C=NC5)c4c(c32)CCCC4)[nH]1. The van der Waals surface area contributed by atoms with Gasteiger partial charge in [0.15, 0.2) is 0 Å². The summed E-state index contributed by atoms with van der Waals surface area (Å²) >= 11 is 0. The highest BCUT2D eigenvalue weighted by atomic mass is 16.1. The molecule has 1 aliphatic carbocycles. The third-order valence-electron chi connectivity index (χ3n) is 6.45. The number of carbonyl (C=O) groups excluding carboxylic acids is 1. The number of aromatic nitrogens is 2. The monoisotopic (exact) mass is 394 g/mol. The minimum atomic E-state index is -0.0994. The van der Waals surface area contributed by atoms with Crippen molar-refractivity contribution in [1.82, 2.24) is 15.3 Å². The van der Waals surface area contributed by atoms with Crippen LogP contribution >= 0.6 is 0 Å². The number of aliphatic imine (C=N–C) groups is 1. The molecule has 30 heavy (non-hydrogen) atoms. The van der Waals surface area contributed by atoms with Crippen molar-refractivity contribution in [3.05, 3.63) is 64.3 Å². The van der Waals surface area contributed by atoms with E-state index in [4.69, 9.17) is 4.98 Å². The van der Waals surface area contributed by atoms with E-state index in [0.29, 0.717) is 5.69 Å². The van der Waals surface area contributed by atoms with E-state index in [2.05, 4.69) is 39.6 Å². The van der Waals surface area contributed by atoms with Crippen molar-refractivity contribution in [1.29, 1.82) is 0 Å². The van der Waals surface area contributed by atoms with Crippen molar-refractivity contribution in [3.8, 4) is 11.3 Å². The zero-order valence-corrected chi connectivity index (χ0v) is 16.9. The molecule has 4 aromatic rings. The van der Waals surface area contributed by atoms with E-state index >= 15 is 0 Å². The van der Waals surface area contributed by atoms with Crippen LogP contribution in [0.5, 0.6) is 0 Å². The number of pyridine rings is 1. The summed E-state index contributed by atoms with van der Waals surface area (Å²) in [6.07, 6.45) is 6.43. The molecule has 2 aliphatic rings. The number of hydrogen-bond donors (Lipinski definition) is 2. The van der Waals surface area contributed by atoms with Gasteiger partial charge in [0.25, 0.3) is 5.91 Å². The normalized spacial score (nSPS) is 14.8. The van der Waals surface area contributed by atoms with Crippen LogP contribution < -0.4 is 5.32 Å². The van der Waals surface area contributed by atoms with E-state index in [1.807, 2.05) is 18.3 Å². The molecule has 0 spiro atoms. The van der Waals surface area contributed by atoms with Crippen LogP contribution in [-0.4, -0.2) is 29.1 Å². The standard InChI is InChI=1S/C25H22N4O/c1-26-25(30)22-11-19-20(28-22)8-9-21-23(19)17-4-2-3-5-18(17)24(29-21)14-6-7-15-12-27-13-16(15)10-14/h6-11,13,28H,2-5,12H2,1H3,(H,26,30). The number of aryl methyl sites for hydroxylation is 1. The Morgan fingerprint density at radius 1 is 1.07 bits per heavy atom. The summed E-state index contributed by atoms with van der Waals surface area (Å²) in [4.78, 5) is 25.0. The Balaban J connectivity index is 1.63. The number of amides is 1. The number of benzene rings is 2. The van der Waals surface area contributed by atoms with Gasteiger partial charge in [0, 0.05) is 35.1 Å². The molecule has 0 saturated heterocycles. The number of nitrogens with one attached hydrogen (secondary N) is 2. The van der Waals surface area contributed by atoms with E-state index < -0.39 is 0 Å². The van der Waals surface area contributed by atoms with Crippen LogP contribution in [0.1, 0.15) is 45.6 Å². The zero-order chi connectivity index (χ0) is 20.2. The Bertz CT molecular complexity index is 1380.